The van der Waals surface area contributed by atoms with Crippen LogP contribution in [0, 0.1) is 0 Å². The van der Waals surface area contributed by atoms with Gasteiger partial charge in [-0.1, -0.05) is 64.7 Å². The molecule has 0 amide bonds. The number of hydrogen-bond acceptors (Lipinski definition) is 2. The van der Waals surface area contributed by atoms with Crippen LogP contribution >= 0.6 is 0 Å². The second-order valence-electron chi connectivity index (χ2n) is 4.28. The molecule has 95 valence electrons. The topological polar surface area (TPSA) is 46.2 Å². The predicted molar refractivity (Wildman–Crippen MR) is 63.9 cm³/mol. The van der Waals surface area contributed by atoms with Crippen LogP contribution in [0.15, 0.2) is 0 Å². The summed E-state index contributed by atoms with van der Waals surface area (Å²) in [6.07, 6.45) is 11.0. The maximum absolute atomic E-state index is 9.93. The van der Waals surface area contributed by atoms with E-state index < -0.39 is 6.16 Å². The summed E-state index contributed by atoms with van der Waals surface area (Å²) in [5.41, 5.74) is 0. The van der Waals surface area contributed by atoms with Crippen molar-refractivity contribution in [1.29, 1.82) is 0 Å². The van der Waals surface area contributed by atoms with Gasteiger partial charge in [0.05, 0.1) is 6.61 Å². The van der Waals surface area contributed by atoms with Crippen molar-refractivity contribution in [3.8, 4) is 0 Å². The van der Waals surface area contributed by atoms with E-state index in [4.69, 9.17) is 0 Å². The molecule has 0 bridgehead atoms. The lowest BCUT2D eigenvalue weighted by Crippen LogP contribution is -1.99. The van der Waals surface area contributed by atoms with Crippen LogP contribution in [-0.2, 0) is 9.84 Å². The highest BCUT2D eigenvalue weighted by Gasteiger charge is 1.98. The Balaban J connectivity index is 2.90. The van der Waals surface area contributed by atoms with Crippen molar-refractivity contribution in [3.05, 3.63) is 0 Å². The summed E-state index contributed by atoms with van der Waals surface area (Å²) in [6.45, 7) is 2.52. The first kappa shape index (κ1) is 15.3. The molecule has 0 aromatic heterocycles. The monoisotopic (exact) mass is 229 g/mol. The summed E-state index contributed by atoms with van der Waals surface area (Å²) in [5, 5.41) is 9.93. The molecule has 3 heteroatoms. The summed E-state index contributed by atoms with van der Waals surface area (Å²) in [7, 11) is 0. The van der Waals surface area contributed by atoms with E-state index in [0.717, 1.165) is 12.8 Å². The Morgan fingerprint density at radius 3 is 1.69 bits per heavy atom. The van der Waals surface area contributed by atoms with Crippen LogP contribution in [0.1, 0.15) is 71.1 Å². The molecule has 0 rings (SSSR count). The summed E-state index contributed by atoms with van der Waals surface area (Å²) in [4.78, 5) is 9.93. The van der Waals surface area contributed by atoms with E-state index in [2.05, 4.69) is 11.7 Å². The number of hydrogen-bond donors (Lipinski definition) is 0. The van der Waals surface area contributed by atoms with Crippen LogP contribution in [0.25, 0.3) is 0 Å². The van der Waals surface area contributed by atoms with E-state index in [-0.39, 0.29) is 0 Å². The number of ether oxygens (including phenoxy) is 1. The molecular formula is C13H25O3. The average Bonchev–Trinajstić information content (AvgIpc) is 2.25. The van der Waals surface area contributed by atoms with Crippen LogP contribution in [0.5, 0.6) is 0 Å². The van der Waals surface area contributed by atoms with Gasteiger partial charge in [-0.25, -0.2) is 0 Å². The zero-order valence-electron chi connectivity index (χ0n) is 10.5. The lowest BCUT2D eigenvalue weighted by Gasteiger charge is -2.01. The molecular weight excluding hydrogens is 204 g/mol. The highest BCUT2D eigenvalue weighted by atomic mass is 16.7. The quantitative estimate of drug-likeness (QED) is 0.387. The first-order valence-corrected chi connectivity index (χ1v) is 6.61. The van der Waals surface area contributed by atoms with Crippen molar-refractivity contribution in [1.82, 2.24) is 0 Å². The SMILES string of the molecule is CCCCCCCCCCCCOC([O])=O. The Hall–Kier alpha value is -0.730. The van der Waals surface area contributed by atoms with E-state index in [1.807, 2.05) is 0 Å². The van der Waals surface area contributed by atoms with Gasteiger partial charge >= 0.3 is 6.16 Å². The van der Waals surface area contributed by atoms with Crippen molar-refractivity contribution in [3.63, 3.8) is 0 Å². The van der Waals surface area contributed by atoms with Gasteiger partial charge in [0.1, 0.15) is 0 Å². The molecule has 0 aliphatic rings. The minimum atomic E-state index is -1.41. The van der Waals surface area contributed by atoms with Crippen molar-refractivity contribution in [2.45, 2.75) is 71.1 Å². The Morgan fingerprint density at radius 2 is 1.25 bits per heavy atom. The molecule has 3 nitrogen and oxygen atoms in total. The fourth-order valence-electron chi connectivity index (χ4n) is 1.75. The van der Waals surface area contributed by atoms with Crippen LogP contribution in [-0.4, -0.2) is 12.8 Å². The fraction of sp³-hybridized carbons (Fsp3) is 0.923. The highest BCUT2D eigenvalue weighted by molar-refractivity contribution is 5.56. The van der Waals surface area contributed by atoms with E-state index in [9.17, 15) is 9.90 Å². The zero-order chi connectivity index (χ0) is 12.1. The molecule has 0 saturated heterocycles. The first-order valence-electron chi connectivity index (χ1n) is 6.61. The third-order valence-corrected chi connectivity index (χ3v) is 2.72. The van der Waals surface area contributed by atoms with E-state index in [0.29, 0.717) is 6.61 Å². The number of unbranched alkanes of at least 4 members (excludes halogenated alkanes) is 9. The first-order chi connectivity index (χ1) is 7.77. The summed E-state index contributed by atoms with van der Waals surface area (Å²) >= 11 is 0. The summed E-state index contributed by atoms with van der Waals surface area (Å²) in [5.74, 6) is 0. The molecule has 0 aliphatic carbocycles. The Kier molecular flexibility index (Phi) is 11.8. The molecule has 0 saturated carbocycles. The van der Waals surface area contributed by atoms with E-state index in [1.54, 1.807) is 0 Å². The van der Waals surface area contributed by atoms with Crippen molar-refractivity contribution in [2.75, 3.05) is 6.61 Å². The largest absolute Gasteiger partial charge is 0.549 e. The van der Waals surface area contributed by atoms with Gasteiger partial charge < -0.3 is 4.74 Å². The molecule has 1 radical (unpaired) electrons. The number of rotatable bonds is 11. The number of carbonyl (C=O) groups is 1. The molecule has 0 heterocycles. The van der Waals surface area contributed by atoms with Gasteiger partial charge in [0.15, 0.2) is 0 Å². The molecule has 0 N–H and O–H groups in total. The van der Waals surface area contributed by atoms with Gasteiger partial charge in [0.2, 0.25) is 0 Å². The third-order valence-electron chi connectivity index (χ3n) is 2.72. The van der Waals surface area contributed by atoms with Crippen molar-refractivity contribution < 1.29 is 14.6 Å². The zero-order valence-corrected chi connectivity index (χ0v) is 10.5. The molecule has 0 atom stereocenters. The summed E-state index contributed by atoms with van der Waals surface area (Å²) in [6, 6.07) is 0. The van der Waals surface area contributed by atoms with Gasteiger partial charge in [-0.3, -0.25) is 0 Å². The normalized spacial score (nSPS) is 10.3. The van der Waals surface area contributed by atoms with Crippen LogP contribution in [0.2, 0.25) is 0 Å². The molecule has 0 aliphatic heterocycles. The lowest BCUT2D eigenvalue weighted by molar-refractivity contribution is 0.0664. The maximum Gasteiger partial charge on any atom is 0.549 e. The maximum atomic E-state index is 9.93. The number of carbonyl (C=O) groups excluding carboxylic acids is 1. The van der Waals surface area contributed by atoms with Crippen LogP contribution in [0.3, 0.4) is 0 Å². The van der Waals surface area contributed by atoms with Gasteiger partial charge in [0.25, 0.3) is 0 Å². The Morgan fingerprint density at radius 1 is 0.812 bits per heavy atom. The summed E-state index contributed by atoms with van der Waals surface area (Å²) < 4.78 is 4.32. The molecule has 0 spiro atoms. The van der Waals surface area contributed by atoms with E-state index in [1.165, 1.54) is 51.4 Å². The predicted octanol–water partition coefficient (Wildman–Crippen LogP) is 4.47. The Bertz CT molecular complexity index is 157. The average molecular weight is 229 g/mol. The third kappa shape index (κ3) is 13.3. The van der Waals surface area contributed by atoms with Gasteiger partial charge in [0, 0.05) is 0 Å². The van der Waals surface area contributed by atoms with Gasteiger partial charge in [-0.05, 0) is 6.42 Å². The van der Waals surface area contributed by atoms with Gasteiger partial charge in [-0.2, -0.15) is 9.90 Å². The molecule has 0 aromatic carbocycles. The van der Waals surface area contributed by atoms with Gasteiger partial charge in [-0.15, -0.1) is 0 Å². The van der Waals surface area contributed by atoms with Crippen molar-refractivity contribution in [2.24, 2.45) is 0 Å². The Labute approximate surface area is 99.2 Å². The standard InChI is InChI=1S/C13H25O3/c1-2-3-4-5-6-7-8-9-10-11-12-16-13(14)15/h2-12H2,1H3. The van der Waals surface area contributed by atoms with Crippen LogP contribution < -0.4 is 0 Å². The second-order valence-corrected chi connectivity index (χ2v) is 4.28. The minimum Gasteiger partial charge on any atom is -0.432 e. The highest BCUT2D eigenvalue weighted by Crippen LogP contribution is 2.10. The smallest absolute Gasteiger partial charge is 0.432 e. The van der Waals surface area contributed by atoms with E-state index >= 15 is 0 Å². The van der Waals surface area contributed by atoms with Crippen LogP contribution in [0.4, 0.5) is 4.79 Å². The lowest BCUT2D eigenvalue weighted by atomic mass is 10.1. The second kappa shape index (κ2) is 12.3. The molecule has 16 heavy (non-hydrogen) atoms. The minimum absolute atomic E-state index is 0.291. The van der Waals surface area contributed by atoms with Crippen molar-refractivity contribution >= 4 is 6.16 Å². The fourth-order valence-corrected chi connectivity index (χ4v) is 1.75. The molecule has 0 aromatic rings. The molecule has 0 unspecified atom stereocenters. The molecule has 0 fully saturated rings.